The molecule has 1 aromatic carbocycles. The lowest BCUT2D eigenvalue weighted by molar-refractivity contribution is 0.0509. The van der Waals surface area contributed by atoms with E-state index >= 15 is 0 Å². The van der Waals surface area contributed by atoms with Gasteiger partial charge in [-0.3, -0.25) is 4.79 Å². The number of aryl methyl sites for hydroxylation is 1. The molecule has 1 aromatic rings. The zero-order valence-corrected chi connectivity index (χ0v) is 9.57. The Labute approximate surface area is 98.7 Å². The molecule has 0 radical (unpaired) electrons. The summed E-state index contributed by atoms with van der Waals surface area (Å²) in [6.45, 7) is 0.799. The lowest BCUT2D eigenvalue weighted by Crippen LogP contribution is -2.37. The number of halogens is 2. The highest BCUT2D eigenvalue weighted by molar-refractivity contribution is 5.94. The van der Waals surface area contributed by atoms with E-state index in [9.17, 15) is 13.6 Å². The maximum atomic E-state index is 12.3. The third-order valence-corrected chi connectivity index (χ3v) is 2.31. The zero-order valence-electron chi connectivity index (χ0n) is 9.57. The van der Waals surface area contributed by atoms with Crippen molar-refractivity contribution in [3.8, 4) is 0 Å². The van der Waals surface area contributed by atoms with Crippen LogP contribution in [0.3, 0.4) is 0 Å². The molecule has 17 heavy (non-hydrogen) atoms. The van der Waals surface area contributed by atoms with Crippen LogP contribution in [0.5, 0.6) is 0 Å². The molecule has 0 fully saturated rings. The van der Waals surface area contributed by atoms with E-state index in [2.05, 4.69) is 0 Å². The minimum Gasteiger partial charge on any atom is -0.395 e. The molecule has 1 rings (SSSR count). The lowest BCUT2D eigenvalue weighted by atomic mass is 10.1. The van der Waals surface area contributed by atoms with E-state index in [1.807, 2.05) is 6.92 Å². The van der Waals surface area contributed by atoms with Crippen molar-refractivity contribution in [3.05, 3.63) is 35.4 Å². The van der Waals surface area contributed by atoms with Crippen LogP contribution in [0.25, 0.3) is 0 Å². The molecule has 5 heteroatoms. The van der Waals surface area contributed by atoms with E-state index < -0.39 is 18.9 Å². The number of aliphatic hydroxyl groups excluding tert-OH is 1. The maximum absolute atomic E-state index is 12.3. The number of benzene rings is 1. The number of nitrogens with zero attached hydrogens (tertiary/aromatic N) is 1. The fraction of sp³-hybridized carbons (Fsp3) is 0.417. The minimum absolute atomic E-state index is 0.0863. The quantitative estimate of drug-likeness (QED) is 0.855. The van der Waals surface area contributed by atoms with Gasteiger partial charge in [-0.05, 0) is 19.1 Å². The van der Waals surface area contributed by atoms with Gasteiger partial charge in [-0.2, -0.15) is 0 Å². The van der Waals surface area contributed by atoms with E-state index in [-0.39, 0.29) is 13.2 Å². The van der Waals surface area contributed by atoms with Crippen molar-refractivity contribution in [1.29, 1.82) is 0 Å². The van der Waals surface area contributed by atoms with Crippen molar-refractivity contribution in [2.75, 3.05) is 19.7 Å². The van der Waals surface area contributed by atoms with Gasteiger partial charge in [-0.15, -0.1) is 0 Å². The molecule has 0 aliphatic rings. The normalized spacial score (nSPS) is 10.6. The zero-order chi connectivity index (χ0) is 12.8. The van der Waals surface area contributed by atoms with Crippen LogP contribution in [0, 0.1) is 6.92 Å². The number of alkyl halides is 2. The number of hydrogen-bond donors (Lipinski definition) is 1. The number of carbonyl (C=O) groups is 1. The Morgan fingerprint density at radius 2 is 1.94 bits per heavy atom. The molecule has 0 saturated heterocycles. The van der Waals surface area contributed by atoms with Crippen LogP contribution in [-0.4, -0.2) is 42.0 Å². The molecule has 0 bridgehead atoms. The number of carbonyl (C=O) groups excluding carboxylic acids is 1. The predicted molar refractivity (Wildman–Crippen MR) is 60.2 cm³/mol. The summed E-state index contributed by atoms with van der Waals surface area (Å²) in [7, 11) is 0. The maximum Gasteiger partial charge on any atom is 0.255 e. The van der Waals surface area contributed by atoms with E-state index in [0.29, 0.717) is 5.56 Å². The molecular weight excluding hydrogens is 228 g/mol. The van der Waals surface area contributed by atoms with E-state index in [0.717, 1.165) is 10.5 Å². The van der Waals surface area contributed by atoms with Gasteiger partial charge in [0.05, 0.1) is 13.2 Å². The van der Waals surface area contributed by atoms with Crippen LogP contribution in [0.1, 0.15) is 15.9 Å². The van der Waals surface area contributed by atoms with Gasteiger partial charge in [0.15, 0.2) is 0 Å². The second-order valence-corrected chi connectivity index (χ2v) is 3.73. The Bertz CT molecular complexity index is 365. The van der Waals surface area contributed by atoms with E-state index in [1.54, 1.807) is 24.3 Å². The van der Waals surface area contributed by atoms with Gasteiger partial charge in [0.1, 0.15) is 0 Å². The van der Waals surface area contributed by atoms with Gasteiger partial charge < -0.3 is 10.0 Å². The summed E-state index contributed by atoms with van der Waals surface area (Å²) in [5, 5.41) is 8.75. The van der Waals surface area contributed by atoms with Crippen molar-refractivity contribution in [3.63, 3.8) is 0 Å². The number of hydrogen-bond acceptors (Lipinski definition) is 2. The highest BCUT2D eigenvalue weighted by Crippen LogP contribution is 2.08. The summed E-state index contributed by atoms with van der Waals surface area (Å²) in [6, 6.07) is 6.67. The molecule has 0 aromatic heterocycles. The molecule has 1 amide bonds. The van der Waals surface area contributed by atoms with Gasteiger partial charge in [-0.1, -0.05) is 17.7 Å². The van der Waals surface area contributed by atoms with Crippen molar-refractivity contribution < 1.29 is 18.7 Å². The fourth-order valence-electron chi connectivity index (χ4n) is 1.44. The summed E-state index contributed by atoms with van der Waals surface area (Å²) in [6.07, 6.45) is -2.60. The van der Waals surface area contributed by atoms with Crippen molar-refractivity contribution >= 4 is 5.91 Å². The van der Waals surface area contributed by atoms with Crippen LogP contribution in [0.2, 0.25) is 0 Å². The first-order valence-corrected chi connectivity index (χ1v) is 5.29. The van der Waals surface area contributed by atoms with E-state index in [4.69, 9.17) is 5.11 Å². The van der Waals surface area contributed by atoms with Crippen LogP contribution in [-0.2, 0) is 0 Å². The summed E-state index contributed by atoms with van der Waals surface area (Å²) < 4.78 is 24.5. The second-order valence-electron chi connectivity index (χ2n) is 3.73. The second kappa shape index (κ2) is 6.30. The van der Waals surface area contributed by atoms with Crippen molar-refractivity contribution in [1.82, 2.24) is 4.90 Å². The monoisotopic (exact) mass is 243 g/mol. The fourth-order valence-corrected chi connectivity index (χ4v) is 1.44. The van der Waals surface area contributed by atoms with Crippen LogP contribution < -0.4 is 0 Å². The van der Waals surface area contributed by atoms with Gasteiger partial charge in [0.2, 0.25) is 0 Å². The molecule has 0 unspecified atom stereocenters. The average molecular weight is 243 g/mol. The number of amides is 1. The highest BCUT2D eigenvalue weighted by Gasteiger charge is 2.18. The Balaban J connectivity index is 2.79. The summed E-state index contributed by atoms with van der Waals surface area (Å²) in [4.78, 5) is 12.8. The van der Waals surface area contributed by atoms with Crippen LogP contribution >= 0.6 is 0 Å². The van der Waals surface area contributed by atoms with Gasteiger partial charge in [0.25, 0.3) is 12.3 Å². The van der Waals surface area contributed by atoms with Crippen molar-refractivity contribution in [2.45, 2.75) is 13.3 Å². The smallest absolute Gasteiger partial charge is 0.255 e. The van der Waals surface area contributed by atoms with Crippen molar-refractivity contribution in [2.24, 2.45) is 0 Å². The third-order valence-electron chi connectivity index (χ3n) is 2.31. The van der Waals surface area contributed by atoms with Crippen LogP contribution in [0.15, 0.2) is 24.3 Å². The molecule has 0 spiro atoms. The largest absolute Gasteiger partial charge is 0.395 e. The predicted octanol–water partition coefficient (Wildman–Crippen LogP) is 1.69. The third kappa shape index (κ3) is 4.11. The summed E-state index contributed by atoms with van der Waals surface area (Å²) in [5.74, 6) is -0.487. The summed E-state index contributed by atoms with van der Waals surface area (Å²) >= 11 is 0. The molecule has 3 nitrogen and oxygen atoms in total. The lowest BCUT2D eigenvalue weighted by Gasteiger charge is -2.21. The van der Waals surface area contributed by atoms with Gasteiger partial charge >= 0.3 is 0 Å². The molecule has 0 aliphatic carbocycles. The molecule has 94 valence electrons. The molecule has 1 N–H and O–H groups in total. The molecule has 0 aliphatic heterocycles. The van der Waals surface area contributed by atoms with Gasteiger partial charge in [0, 0.05) is 12.1 Å². The first kappa shape index (κ1) is 13.6. The molecular formula is C12H15F2NO2. The minimum atomic E-state index is -2.60. The average Bonchev–Trinajstić information content (AvgIpc) is 2.28. The van der Waals surface area contributed by atoms with Crippen LogP contribution in [0.4, 0.5) is 8.78 Å². The Hall–Kier alpha value is -1.49. The Morgan fingerprint density at radius 1 is 1.35 bits per heavy atom. The van der Waals surface area contributed by atoms with Gasteiger partial charge in [-0.25, -0.2) is 8.78 Å². The number of aliphatic hydroxyl groups is 1. The first-order chi connectivity index (χ1) is 8.04. The topological polar surface area (TPSA) is 40.5 Å². The molecule has 0 atom stereocenters. The standard InChI is InChI=1S/C12H15F2NO2/c1-9-2-4-10(5-3-9)12(17)15(6-7-16)8-11(13)14/h2-5,11,16H,6-8H2,1H3. The Morgan fingerprint density at radius 3 is 2.41 bits per heavy atom. The Kier molecular flexibility index (Phi) is 5.03. The number of rotatable bonds is 5. The SMILES string of the molecule is Cc1ccc(C(=O)N(CCO)CC(F)F)cc1. The first-order valence-electron chi connectivity index (χ1n) is 5.29. The van der Waals surface area contributed by atoms with E-state index in [1.165, 1.54) is 0 Å². The summed E-state index contributed by atoms with van der Waals surface area (Å²) in [5.41, 5.74) is 1.34. The highest BCUT2D eigenvalue weighted by atomic mass is 19.3. The molecule has 0 heterocycles. The molecule has 0 saturated carbocycles.